The summed E-state index contributed by atoms with van der Waals surface area (Å²) in [7, 11) is 0. The third-order valence-corrected chi connectivity index (χ3v) is 4.82. The molecule has 1 aliphatic heterocycles. The lowest BCUT2D eigenvalue weighted by molar-refractivity contribution is 0.341. The van der Waals surface area contributed by atoms with E-state index in [9.17, 15) is 0 Å². The van der Waals surface area contributed by atoms with Gasteiger partial charge in [0.15, 0.2) is 0 Å². The van der Waals surface area contributed by atoms with Crippen LogP contribution in [0.25, 0.3) is 20.8 Å². The molecule has 106 valence electrons. The third-order valence-electron chi connectivity index (χ3n) is 3.76. The van der Waals surface area contributed by atoms with Crippen LogP contribution in [0.5, 0.6) is 5.75 Å². The number of thiazole rings is 1. The van der Waals surface area contributed by atoms with Gasteiger partial charge in [0, 0.05) is 18.7 Å². The molecule has 0 amide bonds. The molecule has 1 N–H and O–H groups in total. The van der Waals surface area contributed by atoms with Gasteiger partial charge in [-0.25, -0.2) is 4.98 Å². The quantitative estimate of drug-likeness (QED) is 0.794. The molecule has 0 atom stereocenters. The first-order valence-electron chi connectivity index (χ1n) is 7.20. The second kappa shape index (κ2) is 5.13. The van der Waals surface area contributed by atoms with Gasteiger partial charge in [0.2, 0.25) is 0 Å². The molecule has 1 aromatic heterocycles. The highest BCUT2D eigenvalue weighted by Crippen LogP contribution is 2.33. The van der Waals surface area contributed by atoms with E-state index in [-0.39, 0.29) is 0 Å². The molecule has 4 heteroatoms. The zero-order valence-electron chi connectivity index (χ0n) is 11.8. The maximum atomic E-state index is 5.56. The molecule has 3 nitrogen and oxygen atoms in total. The van der Waals surface area contributed by atoms with Crippen LogP contribution in [-0.4, -0.2) is 11.6 Å². The fraction of sp³-hybridized carbons (Fsp3) is 0.235. The highest BCUT2D eigenvalue weighted by molar-refractivity contribution is 7.21. The fourth-order valence-corrected chi connectivity index (χ4v) is 3.70. The van der Waals surface area contributed by atoms with Crippen molar-refractivity contribution in [1.82, 2.24) is 10.3 Å². The number of aromatic nitrogens is 1. The smallest absolute Gasteiger partial charge is 0.124 e. The van der Waals surface area contributed by atoms with Gasteiger partial charge in [0.25, 0.3) is 0 Å². The Morgan fingerprint density at radius 3 is 2.95 bits per heavy atom. The molecule has 0 bridgehead atoms. The SMILES string of the molecule is CCOc1ccc2nc(-c3ccc4c(c3)CNC4)sc2c1. The van der Waals surface area contributed by atoms with E-state index in [0.717, 1.165) is 29.4 Å². The van der Waals surface area contributed by atoms with Crippen LogP contribution in [0.1, 0.15) is 18.1 Å². The molecule has 0 radical (unpaired) electrons. The molecule has 0 spiro atoms. The van der Waals surface area contributed by atoms with E-state index in [4.69, 9.17) is 9.72 Å². The number of ether oxygens (including phenoxy) is 1. The number of nitrogens with one attached hydrogen (secondary N) is 1. The van der Waals surface area contributed by atoms with Crippen molar-refractivity contribution in [3.05, 3.63) is 47.5 Å². The summed E-state index contributed by atoms with van der Waals surface area (Å²) in [6.45, 7) is 4.63. The standard InChI is InChI=1S/C17H16N2OS/c1-2-20-14-5-6-15-16(8-14)21-17(19-15)11-3-4-12-9-18-10-13(12)7-11/h3-8,18H,2,9-10H2,1H3. The van der Waals surface area contributed by atoms with E-state index in [1.165, 1.54) is 21.4 Å². The van der Waals surface area contributed by atoms with Crippen molar-refractivity contribution in [2.24, 2.45) is 0 Å². The van der Waals surface area contributed by atoms with E-state index in [1.54, 1.807) is 11.3 Å². The predicted octanol–water partition coefficient (Wildman–Crippen LogP) is 3.97. The lowest BCUT2D eigenvalue weighted by atomic mass is 10.1. The molecular weight excluding hydrogens is 280 g/mol. The Bertz CT molecular complexity index is 810. The van der Waals surface area contributed by atoms with Crippen molar-refractivity contribution in [3.8, 4) is 16.3 Å². The summed E-state index contributed by atoms with van der Waals surface area (Å²) < 4.78 is 6.74. The molecule has 0 fully saturated rings. The van der Waals surface area contributed by atoms with Crippen LogP contribution < -0.4 is 10.1 Å². The van der Waals surface area contributed by atoms with E-state index >= 15 is 0 Å². The molecule has 21 heavy (non-hydrogen) atoms. The number of hydrogen-bond donors (Lipinski definition) is 1. The summed E-state index contributed by atoms with van der Waals surface area (Å²) in [6, 6.07) is 12.7. The van der Waals surface area contributed by atoms with Gasteiger partial charge in [-0.05, 0) is 42.3 Å². The van der Waals surface area contributed by atoms with Gasteiger partial charge in [0.1, 0.15) is 10.8 Å². The second-order valence-corrected chi connectivity index (χ2v) is 6.20. The van der Waals surface area contributed by atoms with Crippen LogP contribution in [0.15, 0.2) is 36.4 Å². The Kier molecular flexibility index (Phi) is 3.13. The van der Waals surface area contributed by atoms with Crippen molar-refractivity contribution < 1.29 is 4.74 Å². The first-order chi connectivity index (χ1) is 10.3. The summed E-state index contributed by atoms with van der Waals surface area (Å²) >= 11 is 1.72. The van der Waals surface area contributed by atoms with E-state index in [2.05, 4.69) is 29.6 Å². The van der Waals surface area contributed by atoms with Crippen LogP contribution in [0.3, 0.4) is 0 Å². The van der Waals surface area contributed by atoms with Crippen molar-refractivity contribution in [2.45, 2.75) is 20.0 Å². The molecule has 2 aromatic carbocycles. The van der Waals surface area contributed by atoms with Crippen LogP contribution in [-0.2, 0) is 13.1 Å². The van der Waals surface area contributed by atoms with Gasteiger partial charge < -0.3 is 10.1 Å². The van der Waals surface area contributed by atoms with E-state index < -0.39 is 0 Å². The predicted molar refractivity (Wildman–Crippen MR) is 86.8 cm³/mol. The van der Waals surface area contributed by atoms with Crippen molar-refractivity contribution in [1.29, 1.82) is 0 Å². The molecule has 0 aliphatic carbocycles. The minimum Gasteiger partial charge on any atom is -0.494 e. The lowest BCUT2D eigenvalue weighted by Gasteiger charge is -2.00. The number of rotatable bonds is 3. The summed E-state index contributed by atoms with van der Waals surface area (Å²) in [5.41, 5.74) is 5.04. The Morgan fingerprint density at radius 1 is 1.14 bits per heavy atom. The minimum absolute atomic E-state index is 0.689. The van der Waals surface area contributed by atoms with Crippen molar-refractivity contribution in [2.75, 3.05) is 6.61 Å². The van der Waals surface area contributed by atoms with Crippen molar-refractivity contribution >= 4 is 21.6 Å². The summed E-state index contributed by atoms with van der Waals surface area (Å²) in [5.74, 6) is 0.915. The Morgan fingerprint density at radius 2 is 2.05 bits per heavy atom. The van der Waals surface area contributed by atoms with Crippen molar-refractivity contribution in [3.63, 3.8) is 0 Å². The molecule has 2 heterocycles. The average molecular weight is 296 g/mol. The third kappa shape index (κ3) is 2.30. The lowest BCUT2D eigenvalue weighted by Crippen LogP contribution is -1.99. The van der Waals surface area contributed by atoms with Gasteiger partial charge in [-0.15, -0.1) is 11.3 Å². The van der Waals surface area contributed by atoms with Crippen LogP contribution in [0.4, 0.5) is 0 Å². The molecule has 0 saturated heterocycles. The normalized spacial score (nSPS) is 13.6. The Hall–Kier alpha value is -1.91. The van der Waals surface area contributed by atoms with Crippen LogP contribution in [0, 0.1) is 0 Å². The number of nitrogens with zero attached hydrogens (tertiary/aromatic N) is 1. The Balaban J connectivity index is 1.76. The van der Waals surface area contributed by atoms with Gasteiger partial charge >= 0.3 is 0 Å². The fourth-order valence-electron chi connectivity index (χ4n) is 2.71. The monoisotopic (exact) mass is 296 g/mol. The van der Waals surface area contributed by atoms with Gasteiger partial charge in [0.05, 0.1) is 16.8 Å². The van der Waals surface area contributed by atoms with Crippen LogP contribution >= 0.6 is 11.3 Å². The largest absolute Gasteiger partial charge is 0.494 e. The Labute approximate surface area is 127 Å². The summed E-state index contributed by atoms with van der Waals surface area (Å²) in [6.07, 6.45) is 0. The summed E-state index contributed by atoms with van der Waals surface area (Å²) in [4.78, 5) is 4.75. The molecule has 0 unspecified atom stereocenters. The highest BCUT2D eigenvalue weighted by atomic mass is 32.1. The molecule has 3 aromatic rings. The highest BCUT2D eigenvalue weighted by Gasteiger charge is 2.13. The first kappa shape index (κ1) is 12.8. The van der Waals surface area contributed by atoms with Crippen LogP contribution in [0.2, 0.25) is 0 Å². The molecule has 1 aliphatic rings. The first-order valence-corrected chi connectivity index (χ1v) is 8.01. The van der Waals surface area contributed by atoms with E-state index in [1.807, 2.05) is 19.1 Å². The molecular formula is C17H16N2OS. The molecule has 4 rings (SSSR count). The van der Waals surface area contributed by atoms with Gasteiger partial charge in [-0.2, -0.15) is 0 Å². The zero-order valence-corrected chi connectivity index (χ0v) is 12.7. The average Bonchev–Trinajstić information content (AvgIpc) is 3.12. The maximum absolute atomic E-state index is 5.56. The van der Waals surface area contributed by atoms with E-state index in [0.29, 0.717) is 6.61 Å². The number of hydrogen-bond acceptors (Lipinski definition) is 4. The number of benzene rings is 2. The number of fused-ring (bicyclic) bond motifs is 2. The maximum Gasteiger partial charge on any atom is 0.124 e. The molecule has 0 saturated carbocycles. The minimum atomic E-state index is 0.689. The second-order valence-electron chi connectivity index (χ2n) is 5.17. The zero-order chi connectivity index (χ0) is 14.2. The van der Waals surface area contributed by atoms with Gasteiger partial charge in [-0.1, -0.05) is 12.1 Å². The van der Waals surface area contributed by atoms with Gasteiger partial charge in [-0.3, -0.25) is 0 Å². The topological polar surface area (TPSA) is 34.1 Å². The summed E-state index contributed by atoms with van der Waals surface area (Å²) in [5, 5.41) is 4.46.